The van der Waals surface area contributed by atoms with Gasteiger partial charge in [-0.2, -0.15) is 5.26 Å². The lowest BCUT2D eigenvalue weighted by molar-refractivity contribution is -0.119. The summed E-state index contributed by atoms with van der Waals surface area (Å²) >= 11 is 19.7. The van der Waals surface area contributed by atoms with Crippen molar-refractivity contribution in [2.45, 2.75) is 0 Å². The van der Waals surface area contributed by atoms with Crippen LogP contribution in [0.5, 0.6) is 0 Å². The van der Waals surface area contributed by atoms with Crippen molar-refractivity contribution >= 4 is 74.0 Å². The van der Waals surface area contributed by atoms with Crippen LogP contribution in [0.2, 0.25) is 15.1 Å². The third-order valence-corrected chi connectivity index (χ3v) is 7.66. The number of nitrogens with zero attached hydrogens (tertiary/aromatic N) is 1. The van der Waals surface area contributed by atoms with Gasteiger partial charge in [0.2, 0.25) is 5.88 Å². The Morgan fingerprint density at radius 3 is 2.29 bits per heavy atom. The van der Waals surface area contributed by atoms with Crippen LogP contribution in [0.25, 0.3) is 32.5 Å². The molecule has 188 valence electrons. The van der Waals surface area contributed by atoms with Crippen molar-refractivity contribution in [3.63, 3.8) is 0 Å². The fourth-order valence-corrected chi connectivity index (χ4v) is 6.16. The van der Waals surface area contributed by atoms with E-state index in [9.17, 15) is 14.9 Å². The molecule has 0 bridgehead atoms. The van der Waals surface area contributed by atoms with Gasteiger partial charge < -0.3 is 9.15 Å². The fraction of sp³-hybridized carbons (Fsp3) is 0.0357. The molecule has 10 heteroatoms. The van der Waals surface area contributed by atoms with Gasteiger partial charge >= 0.3 is 5.97 Å². The lowest BCUT2D eigenvalue weighted by Crippen LogP contribution is -2.20. The summed E-state index contributed by atoms with van der Waals surface area (Å²) in [5.74, 6) is -1.12. The number of carbonyl (C=O) groups is 2. The molecular weight excluding hydrogens is 567 g/mol. The zero-order chi connectivity index (χ0) is 26.8. The predicted octanol–water partition coefficient (Wildman–Crippen LogP) is 8.46. The number of amides is 1. The number of thiophene rings is 1. The normalized spacial score (nSPS) is 10.8. The van der Waals surface area contributed by atoms with E-state index in [0.717, 1.165) is 22.5 Å². The van der Waals surface area contributed by atoms with Gasteiger partial charge in [-0.05, 0) is 17.7 Å². The molecule has 2 heterocycles. The second-order valence-electron chi connectivity index (χ2n) is 7.98. The van der Waals surface area contributed by atoms with Gasteiger partial charge in [0.15, 0.2) is 6.61 Å². The van der Waals surface area contributed by atoms with Gasteiger partial charge in [0, 0.05) is 26.2 Å². The van der Waals surface area contributed by atoms with Crippen molar-refractivity contribution in [3.8, 4) is 28.5 Å². The number of benzene rings is 3. The number of hydrogen-bond donors (Lipinski definition) is 1. The van der Waals surface area contributed by atoms with Crippen molar-refractivity contribution < 1.29 is 18.7 Å². The minimum absolute atomic E-state index is 0.0485. The van der Waals surface area contributed by atoms with E-state index in [1.807, 2.05) is 60.7 Å². The van der Waals surface area contributed by atoms with Gasteiger partial charge in [0.1, 0.15) is 22.3 Å². The van der Waals surface area contributed by atoms with Gasteiger partial charge in [-0.1, -0.05) is 95.5 Å². The second-order valence-corrected chi connectivity index (χ2v) is 10.3. The summed E-state index contributed by atoms with van der Waals surface area (Å²) < 4.78 is 11.8. The zero-order valence-corrected chi connectivity index (χ0v) is 22.3. The van der Waals surface area contributed by atoms with E-state index in [0.29, 0.717) is 31.5 Å². The van der Waals surface area contributed by atoms with E-state index in [-0.39, 0.29) is 21.3 Å². The Labute approximate surface area is 235 Å². The molecule has 3 aromatic carbocycles. The number of fused-ring (bicyclic) bond motifs is 1. The molecule has 5 aromatic rings. The highest BCUT2D eigenvalue weighted by Crippen LogP contribution is 2.42. The predicted molar refractivity (Wildman–Crippen MR) is 150 cm³/mol. The maximum Gasteiger partial charge on any atom is 0.350 e. The van der Waals surface area contributed by atoms with Gasteiger partial charge in [-0.25, -0.2) is 4.79 Å². The summed E-state index contributed by atoms with van der Waals surface area (Å²) in [5, 5.41) is 13.8. The van der Waals surface area contributed by atoms with Crippen molar-refractivity contribution in [1.29, 1.82) is 5.26 Å². The SMILES string of the molecule is N#Cc1c(NC(=O)COC(=O)c2sc3cc(Cl)cc(Cl)c3c2Cl)oc(-c2ccccc2)c1-c1ccccc1. The first-order valence-corrected chi connectivity index (χ1v) is 13.0. The molecule has 0 unspecified atom stereocenters. The third-order valence-electron chi connectivity index (χ3n) is 5.54. The quantitative estimate of drug-likeness (QED) is 0.203. The van der Waals surface area contributed by atoms with Crippen LogP contribution < -0.4 is 5.32 Å². The lowest BCUT2D eigenvalue weighted by atomic mass is 9.98. The van der Waals surface area contributed by atoms with Crippen LogP contribution in [-0.2, 0) is 9.53 Å². The van der Waals surface area contributed by atoms with Crippen LogP contribution in [0.3, 0.4) is 0 Å². The molecule has 1 amide bonds. The summed E-state index contributed by atoms with van der Waals surface area (Å²) in [6.45, 7) is -0.634. The Morgan fingerprint density at radius 2 is 1.63 bits per heavy atom. The molecule has 0 aliphatic heterocycles. The standard InChI is InChI=1S/C28H15Cl3N2O4S/c29-17-11-19(30)23-20(12-17)38-26(24(23)31)28(35)36-14-21(34)33-27-18(13-32)22(15-7-3-1-4-8-15)25(37-27)16-9-5-2-6-10-16/h1-12H,14H2,(H,33,34). The average molecular weight is 582 g/mol. The first kappa shape index (κ1) is 25.8. The molecule has 1 N–H and O–H groups in total. The zero-order valence-electron chi connectivity index (χ0n) is 19.3. The monoisotopic (exact) mass is 580 g/mol. The molecular formula is C28H15Cl3N2O4S. The van der Waals surface area contributed by atoms with Crippen LogP contribution in [0.1, 0.15) is 15.2 Å². The first-order chi connectivity index (χ1) is 18.4. The highest BCUT2D eigenvalue weighted by atomic mass is 35.5. The molecule has 6 nitrogen and oxygen atoms in total. The van der Waals surface area contributed by atoms with Gasteiger partial charge in [0.05, 0.1) is 10.0 Å². The number of rotatable bonds is 6. The molecule has 38 heavy (non-hydrogen) atoms. The number of nitriles is 1. The smallest absolute Gasteiger partial charge is 0.350 e. The number of nitrogens with one attached hydrogen (secondary N) is 1. The molecule has 0 radical (unpaired) electrons. The van der Waals surface area contributed by atoms with E-state index >= 15 is 0 Å². The highest BCUT2D eigenvalue weighted by Gasteiger charge is 2.25. The van der Waals surface area contributed by atoms with Gasteiger partial charge in [0.25, 0.3) is 5.91 Å². The van der Waals surface area contributed by atoms with E-state index in [1.165, 1.54) is 6.07 Å². The summed E-state index contributed by atoms with van der Waals surface area (Å²) in [4.78, 5) is 25.5. The van der Waals surface area contributed by atoms with Crippen molar-refractivity contribution in [2.75, 3.05) is 11.9 Å². The summed E-state index contributed by atoms with van der Waals surface area (Å²) in [6.07, 6.45) is 0. The minimum atomic E-state index is -0.798. The largest absolute Gasteiger partial charge is 0.451 e. The molecule has 0 fully saturated rings. The van der Waals surface area contributed by atoms with Gasteiger partial charge in [-0.15, -0.1) is 11.3 Å². The molecule has 5 rings (SSSR count). The van der Waals surface area contributed by atoms with Crippen LogP contribution in [-0.4, -0.2) is 18.5 Å². The van der Waals surface area contributed by atoms with E-state index in [2.05, 4.69) is 11.4 Å². The minimum Gasteiger partial charge on any atom is -0.451 e. The van der Waals surface area contributed by atoms with E-state index in [4.69, 9.17) is 44.0 Å². The summed E-state index contributed by atoms with van der Waals surface area (Å²) in [7, 11) is 0. The molecule has 0 saturated heterocycles. The lowest BCUT2D eigenvalue weighted by Gasteiger charge is -2.04. The number of esters is 1. The van der Waals surface area contributed by atoms with E-state index < -0.39 is 18.5 Å². The van der Waals surface area contributed by atoms with Crippen LogP contribution in [0.4, 0.5) is 5.88 Å². The van der Waals surface area contributed by atoms with Crippen LogP contribution >= 0.6 is 46.1 Å². The van der Waals surface area contributed by atoms with Crippen molar-refractivity contribution in [2.24, 2.45) is 0 Å². The van der Waals surface area contributed by atoms with Crippen molar-refractivity contribution in [3.05, 3.63) is 98.3 Å². The van der Waals surface area contributed by atoms with Gasteiger partial charge in [-0.3, -0.25) is 10.1 Å². The summed E-state index contributed by atoms with van der Waals surface area (Å²) in [6, 6.07) is 23.8. The molecule has 0 saturated carbocycles. The molecule has 0 aliphatic rings. The molecule has 0 spiro atoms. The second kappa shape index (κ2) is 10.9. The number of anilines is 1. The summed E-state index contributed by atoms with van der Waals surface area (Å²) in [5.41, 5.74) is 2.16. The Morgan fingerprint density at radius 1 is 0.974 bits per heavy atom. The topological polar surface area (TPSA) is 92.3 Å². The Kier molecular flexibility index (Phi) is 7.41. The van der Waals surface area contributed by atoms with Crippen LogP contribution in [0, 0.1) is 11.3 Å². The number of hydrogen-bond acceptors (Lipinski definition) is 6. The first-order valence-electron chi connectivity index (χ1n) is 11.1. The number of furan rings is 1. The molecule has 0 atom stereocenters. The Hall–Kier alpha value is -3.80. The fourth-order valence-electron chi connectivity index (χ4n) is 3.90. The van der Waals surface area contributed by atoms with Crippen molar-refractivity contribution in [1.82, 2.24) is 0 Å². The number of carbonyl (C=O) groups excluding carboxylic acids is 2. The molecule has 2 aromatic heterocycles. The Bertz CT molecular complexity index is 1720. The number of halogens is 3. The average Bonchev–Trinajstić information content (AvgIpc) is 3.45. The maximum atomic E-state index is 12.7. The third kappa shape index (κ3) is 5.00. The Balaban J connectivity index is 1.39. The van der Waals surface area contributed by atoms with Crippen LogP contribution in [0.15, 0.2) is 77.2 Å². The number of ether oxygens (including phenoxy) is 1. The van der Waals surface area contributed by atoms with E-state index in [1.54, 1.807) is 6.07 Å². The molecule has 0 aliphatic carbocycles. The maximum absolute atomic E-state index is 12.7. The highest BCUT2D eigenvalue weighted by molar-refractivity contribution is 7.21.